The van der Waals surface area contributed by atoms with Crippen LogP contribution in [0.3, 0.4) is 0 Å². The molecule has 4 rings (SSSR count). The molecule has 2 aliphatic heterocycles. The Kier molecular flexibility index (Phi) is 7.32. The topological polar surface area (TPSA) is 96.0 Å². The standard InChI is InChI=1S/C25H25N3O5S/c1-33-20-9-7-17(8-10-20)13-21-24(31)28(25(32)34-21)12-11-26-23(30)19-14-22(29)27(16-19)15-18-5-3-2-4-6-18/h2-10,13,19H,11-12,14-16H2,1H3,(H,26,30)/b21-13-. The molecule has 2 aromatic carbocycles. The van der Waals surface area contributed by atoms with E-state index in [0.29, 0.717) is 23.7 Å². The minimum absolute atomic E-state index is 0.0568. The summed E-state index contributed by atoms with van der Waals surface area (Å²) >= 11 is 0.875. The molecule has 0 bridgehead atoms. The van der Waals surface area contributed by atoms with Crippen molar-refractivity contribution in [2.75, 3.05) is 26.7 Å². The Morgan fingerprint density at radius 3 is 2.56 bits per heavy atom. The summed E-state index contributed by atoms with van der Waals surface area (Å²) in [5.74, 6) is -0.428. The highest BCUT2D eigenvalue weighted by Gasteiger charge is 2.36. The molecule has 0 spiro atoms. The van der Waals surface area contributed by atoms with Crippen molar-refractivity contribution < 1.29 is 23.9 Å². The summed E-state index contributed by atoms with van der Waals surface area (Å²) in [4.78, 5) is 53.0. The van der Waals surface area contributed by atoms with E-state index in [9.17, 15) is 19.2 Å². The number of rotatable bonds is 8. The number of thioether (sulfide) groups is 1. The fraction of sp³-hybridized carbons (Fsp3) is 0.280. The first-order valence-corrected chi connectivity index (χ1v) is 11.7. The Bertz CT molecular complexity index is 1120. The maximum Gasteiger partial charge on any atom is 0.293 e. The van der Waals surface area contributed by atoms with Crippen molar-refractivity contribution in [2.24, 2.45) is 5.92 Å². The Hall–Kier alpha value is -3.59. The van der Waals surface area contributed by atoms with Gasteiger partial charge in [-0.3, -0.25) is 24.1 Å². The summed E-state index contributed by atoms with van der Waals surface area (Å²) in [5, 5.41) is 2.40. The predicted molar refractivity (Wildman–Crippen MR) is 129 cm³/mol. The van der Waals surface area contributed by atoms with Gasteiger partial charge in [0.25, 0.3) is 11.1 Å². The van der Waals surface area contributed by atoms with E-state index in [2.05, 4.69) is 5.32 Å². The Labute approximate surface area is 201 Å². The first-order chi connectivity index (χ1) is 16.4. The molecule has 2 fully saturated rings. The van der Waals surface area contributed by atoms with E-state index in [0.717, 1.165) is 27.8 Å². The van der Waals surface area contributed by atoms with Crippen molar-refractivity contribution in [3.8, 4) is 5.75 Å². The van der Waals surface area contributed by atoms with Gasteiger partial charge in [-0.1, -0.05) is 42.5 Å². The van der Waals surface area contributed by atoms with Crippen LogP contribution in [0, 0.1) is 5.92 Å². The molecule has 0 aliphatic carbocycles. The molecule has 2 saturated heterocycles. The zero-order valence-electron chi connectivity index (χ0n) is 18.7. The summed E-state index contributed by atoms with van der Waals surface area (Å²) in [5.41, 5.74) is 1.80. The summed E-state index contributed by atoms with van der Waals surface area (Å²) in [7, 11) is 1.57. The van der Waals surface area contributed by atoms with Crippen LogP contribution in [0.4, 0.5) is 4.79 Å². The van der Waals surface area contributed by atoms with Crippen molar-refractivity contribution in [1.29, 1.82) is 0 Å². The van der Waals surface area contributed by atoms with Gasteiger partial charge in [0.15, 0.2) is 0 Å². The van der Waals surface area contributed by atoms with E-state index in [1.807, 2.05) is 30.3 Å². The number of nitrogens with zero attached hydrogens (tertiary/aromatic N) is 2. The van der Waals surface area contributed by atoms with Gasteiger partial charge >= 0.3 is 0 Å². The van der Waals surface area contributed by atoms with Crippen LogP contribution in [0.1, 0.15) is 17.5 Å². The molecule has 0 saturated carbocycles. The molecule has 0 radical (unpaired) electrons. The summed E-state index contributed by atoms with van der Waals surface area (Å²) in [6, 6.07) is 16.8. The molecule has 1 N–H and O–H groups in total. The number of ether oxygens (including phenoxy) is 1. The predicted octanol–water partition coefficient (Wildman–Crippen LogP) is 2.90. The molecule has 2 aromatic rings. The second kappa shape index (κ2) is 10.6. The van der Waals surface area contributed by atoms with Gasteiger partial charge in [-0.05, 0) is 41.1 Å². The minimum atomic E-state index is -0.443. The fourth-order valence-electron chi connectivity index (χ4n) is 3.88. The number of hydrogen-bond acceptors (Lipinski definition) is 6. The Morgan fingerprint density at radius 1 is 1.12 bits per heavy atom. The number of nitrogens with one attached hydrogen (secondary N) is 1. The maximum absolute atomic E-state index is 12.7. The molecule has 2 aliphatic rings. The number of methoxy groups -OCH3 is 1. The van der Waals surface area contributed by atoms with Crippen LogP contribution in [-0.2, 0) is 20.9 Å². The highest BCUT2D eigenvalue weighted by atomic mass is 32.2. The van der Waals surface area contributed by atoms with Gasteiger partial charge in [0.2, 0.25) is 11.8 Å². The van der Waals surface area contributed by atoms with Crippen LogP contribution >= 0.6 is 11.8 Å². The first kappa shape index (κ1) is 23.6. The molecule has 1 atom stereocenters. The monoisotopic (exact) mass is 479 g/mol. The van der Waals surface area contributed by atoms with Gasteiger partial charge in [0, 0.05) is 32.6 Å². The number of amides is 4. The molecule has 1 unspecified atom stereocenters. The molecule has 8 nitrogen and oxygen atoms in total. The van der Waals surface area contributed by atoms with Crippen LogP contribution in [0.15, 0.2) is 59.5 Å². The number of imide groups is 1. The van der Waals surface area contributed by atoms with E-state index in [1.54, 1.807) is 42.4 Å². The zero-order valence-corrected chi connectivity index (χ0v) is 19.5. The van der Waals surface area contributed by atoms with Gasteiger partial charge in [0.05, 0.1) is 17.9 Å². The van der Waals surface area contributed by atoms with Crippen LogP contribution in [0.2, 0.25) is 0 Å². The number of likely N-dealkylation sites (tertiary alicyclic amines) is 1. The summed E-state index contributed by atoms with van der Waals surface area (Å²) < 4.78 is 5.12. The quantitative estimate of drug-likeness (QED) is 0.585. The van der Waals surface area contributed by atoms with E-state index in [4.69, 9.17) is 4.74 Å². The lowest BCUT2D eigenvalue weighted by molar-refractivity contribution is -0.129. The highest BCUT2D eigenvalue weighted by Crippen LogP contribution is 2.32. The van der Waals surface area contributed by atoms with Crippen molar-refractivity contribution in [1.82, 2.24) is 15.1 Å². The highest BCUT2D eigenvalue weighted by molar-refractivity contribution is 8.18. The van der Waals surface area contributed by atoms with Crippen LogP contribution in [0.5, 0.6) is 5.75 Å². The van der Waals surface area contributed by atoms with Gasteiger partial charge < -0.3 is 15.0 Å². The molecule has 176 valence electrons. The van der Waals surface area contributed by atoms with Gasteiger partial charge in [0.1, 0.15) is 5.75 Å². The smallest absolute Gasteiger partial charge is 0.293 e. The average Bonchev–Trinajstić information content (AvgIpc) is 3.34. The Morgan fingerprint density at radius 2 is 1.85 bits per heavy atom. The molecular formula is C25H25N3O5S. The third kappa shape index (κ3) is 5.48. The van der Waals surface area contributed by atoms with E-state index in [1.165, 1.54) is 0 Å². The van der Waals surface area contributed by atoms with Gasteiger partial charge in [-0.15, -0.1) is 0 Å². The third-order valence-electron chi connectivity index (χ3n) is 5.72. The van der Waals surface area contributed by atoms with E-state index in [-0.39, 0.29) is 42.5 Å². The molecule has 34 heavy (non-hydrogen) atoms. The van der Waals surface area contributed by atoms with Crippen molar-refractivity contribution in [3.63, 3.8) is 0 Å². The molecule has 4 amide bonds. The fourth-order valence-corrected chi connectivity index (χ4v) is 4.75. The lowest BCUT2D eigenvalue weighted by Gasteiger charge is -2.17. The SMILES string of the molecule is COc1ccc(/C=C2\SC(=O)N(CCNC(=O)C3CC(=O)N(Cc4ccccc4)C3)C2=O)cc1. The maximum atomic E-state index is 12.7. The number of benzene rings is 2. The average molecular weight is 480 g/mol. The largest absolute Gasteiger partial charge is 0.497 e. The second-order valence-corrected chi connectivity index (χ2v) is 9.05. The van der Waals surface area contributed by atoms with Crippen LogP contribution in [0.25, 0.3) is 6.08 Å². The number of carbonyl (C=O) groups excluding carboxylic acids is 4. The normalized spacial score (nSPS) is 19.3. The van der Waals surface area contributed by atoms with Crippen molar-refractivity contribution in [2.45, 2.75) is 13.0 Å². The van der Waals surface area contributed by atoms with E-state index >= 15 is 0 Å². The molecule has 0 aromatic heterocycles. The molecule has 2 heterocycles. The number of hydrogen-bond donors (Lipinski definition) is 1. The molecule has 9 heteroatoms. The zero-order chi connectivity index (χ0) is 24.1. The molecular weight excluding hydrogens is 454 g/mol. The van der Waals surface area contributed by atoms with Crippen molar-refractivity contribution >= 4 is 40.8 Å². The summed E-state index contributed by atoms with van der Waals surface area (Å²) in [6.45, 7) is 1.04. The third-order valence-corrected chi connectivity index (χ3v) is 6.63. The van der Waals surface area contributed by atoms with Crippen LogP contribution in [-0.4, -0.2) is 59.5 Å². The Balaban J connectivity index is 1.27. The van der Waals surface area contributed by atoms with Gasteiger partial charge in [-0.25, -0.2) is 0 Å². The van der Waals surface area contributed by atoms with E-state index < -0.39 is 5.92 Å². The van der Waals surface area contributed by atoms with Crippen LogP contribution < -0.4 is 10.1 Å². The van der Waals surface area contributed by atoms with Crippen molar-refractivity contribution in [3.05, 3.63) is 70.6 Å². The summed E-state index contributed by atoms with van der Waals surface area (Å²) in [6.07, 6.45) is 1.82. The lowest BCUT2D eigenvalue weighted by atomic mass is 10.1. The minimum Gasteiger partial charge on any atom is -0.497 e. The second-order valence-electron chi connectivity index (χ2n) is 8.06. The number of carbonyl (C=O) groups is 4. The first-order valence-electron chi connectivity index (χ1n) is 10.9. The lowest BCUT2D eigenvalue weighted by Crippen LogP contribution is -2.40. The van der Waals surface area contributed by atoms with Gasteiger partial charge in [-0.2, -0.15) is 0 Å².